The van der Waals surface area contributed by atoms with Crippen LogP contribution < -0.4 is 0 Å². The third-order valence-corrected chi connectivity index (χ3v) is 6.71. The minimum atomic E-state index is 0.0353. The Morgan fingerprint density at radius 1 is 1.21 bits per heavy atom. The molecule has 6 nitrogen and oxygen atoms in total. The van der Waals surface area contributed by atoms with E-state index in [9.17, 15) is 4.79 Å². The van der Waals surface area contributed by atoms with Gasteiger partial charge in [0.1, 0.15) is 17.8 Å². The minimum absolute atomic E-state index is 0.0353. The van der Waals surface area contributed by atoms with Crippen LogP contribution in [0.15, 0.2) is 42.9 Å². The molecule has 144 valence electrons. The summed E-state index contributed by atoms with van der Waals surface area (Å²) in [6.07, 6.45) is 8.31. The van der Waals surface area contributed by atoms with Gasteiger partial charge >= 0.3 is 0 Å². The zero-order chi connectivity index (χ0) is 19.1. The molecule has 5 rings (SSSR count). The normalized spacial score (nSPS) is 21.0. The van der Waals surface area contributed by atoms with Crippen LogP contribution in [-0.2, 0) is 6.54 Å². The number of nitrogens with zero attached hydrogens (tertiary/aromatic N) is 5. The lowest BCUT2D eigenvalue weighted by atomic mass is 9.76. The van der Waals surface area contributed by atoms with Crippen molar-refractivity contribution in [3.05, 3.63) is 54.4 Å². The molecule has 2 fully saturated rings. The van der Waals surface area contributed by atoms with Crippen molar-refractivity contribution in [2.45, 2.75) is 45.1 Å². The van der Waals surface area contributed by atoms with Gasteiger partial charge in [0, 0.05) is 37.1 Å². The number of carbonyl (C=O) groups excluding carboxylic acids is 1. The maximum Gasteiger partial charge on any atom is 0.273 e. The summed E-state index contributed by atoms with van der Waals surface area (Å²) in [6.45, 7) is 4.46. The molecule has 0 N–H and O–H groups in total. The van der Waals surface area contributed by atoms with Crippen molar-refractivity contribution in [2.24, 2.45) is 5.41 Å². The fraction of sp³-hybridized carbons (Fsp3) is 0.455. The van der Waals surface area contributed by atoms with Gasteiger partial charge in [-0.15, -0.1) is 10.2 Å². The topological polar surface area (TPSA) is 63.9 Å². The Morgan fingerprint density at radius 3 is 2.86 bits per heavy atom. The Bertz CT molecular complexity index is 1020. The van der Waals surface area contributed by atoms with Gasteiger partial charge < -0.3 is 9.47 Å². The van der Waals surface area contributed by atoms with E-state index in [0.717, 1.165) is 42.5 Å². The molecule has 2 aromatic heterocycles. The first-order valence-corrected chi connectivity index (χ1v) is 10.2. The number of aromatic nitrogens is 4. The Balaban J connectivity index is 1.52. The highest BCUT2D eigenvalue weighted by Gasteiger charge is 2.51. The predicted octanol–water partition coefficient (Wildman–Crippen LogP) is 3.65. The van der Waals surface area contributed by atoms with E-state index in [4.69, 9.17) is 0 Å². The van der Waals surface area contributed by atoms with Crippen molar-refractivity contribution in [3.63, 3.8) is 0 Å². The average Bonchev–Trinajstić information content (AvgIpc) is 3.47. The van der Waals surface area contributed by atoms with Gasteiger partial charge in [-0.1, -0.05) is 37.1 Å². The average molecular weight is 375 g/mol. The number of hydrogen-bond acceptors (Lipinski definition) is 4. The lowest BCUT2D eigenvalue weighted by molar-refractivity contribution is 0.0769. The van der Waals surface area contributed by atoms with Crippen molar-refractivity contribution in [1.82, 2.24) is 24.6 Å². The molecule has 1 aromatic carbocycles. The first-order chi connectivity index (χ1) is 13.7. The zero-order valence-corrected chi connectivity index (χ0v) is 16.2. The quantitative estimate of drug-likeness (QED) is 0.701. The van der Waals surface area contributed by atoms with Crippen molar-refractivity contribution in [1.29, 1.82) is 0 Å². The van der Waals surface area contributed by atoms with Gasteiger partial charge in [-0.3, -0.25) is 9.78 Å². The van der Waals surface area contributed by atoms with Gasteiger partial charge in [0.15, 0.2) is 0 Å². The van der Waals surface area contributed by atoms with E-state index in [1.165, 1.54) is 12.8 Å². The zero-order valence-electron chi connectivity index (χ0n) is 16.2. The number of aryl methyl sites for hydroxylation is 1. The van der Waals surface area contributed by atoms with Crippen LogP contribution >= 0.6 is 0 Å². The maximum absolute atomic E-state index is 13.5. The van der Waals surface area contributed by atoms with Crippen LogP contribution in [0.5, 0.6) is 0 Å². The highest BCUT2D eigenvalue weighted by Crippen LogP contribution is 2.53. The summed E-state index contributed by atoms with van der Waals surface area (Å²) in [5.74, 6) is 1.31. The lowest BCUT2D eigenvalue weighted by Gasteiger charge is -2.29. The predicted molar refractivity (Wildman–Crippen MR) is 107 cm³/mol. The van der Waals surface area contributed by atoms with Crippen molar-refractivity contribution >= 4 is 16.7 Å². The molecule has 1 spiro atoms. The fourth-order valence-electron chi connectivity index (χ4n) is 5.28. The summed E-state index contributed by atoms with van der Waals surface area (Å²) < 4.78 is 2.13. The second-order valence-electron chi connectivity index (χ2n) is 8.16. The third kappa shape index (κ3) is 2.62. The monoisotopic (exact) mass is 375 g/mol. The number of carbonyl (C=O) groups is 1. The first kappa shape index (κ1) is 17.3. The Morgan fingerprint density at radius 2 is 2.04 bits per heavy atom. The number of fused-ring (bicyclic) bond motifs is 1. The van der Waals surface area contributed by atoms with Gasteiger partial charge in [-0.05, 0) is 36.6 Å². The van der Waals surface area contributed by atoms with Gasteiger partial charge in [0.25, 0.3) is 5.91 Å². The van der Waals surface area contributed by atoms with Crippen LogP contribution in [0, 0.1) is 5.41 Å². The molecule has 1 aliphatic heterocycles. The Labute approximate surface area is 164 Å². The molecule has 2 aliphatic rings. The summed E-state index contributed by atoms with van der Waals surface area (Å²) in [7, 11) is 0. The molecule has 1 aliphatic carbocycles. The van der Waals surface area contributed by atoms with E-state index in [1.54, 1.807) is 6.20 Å². The molecule has 0 radical (unpaired) electrons. The number of amides is 1. The number of likely N-dealkylation sites (tertiary alicyclic amines) is 1. The largest absolute Gasteiger partial charge is 0.336 e. The van der Waals surface area contributed by atoms with Gasteiger partial charge in [0.05, 0.1) is 0 Å². The molecule has 3 heterocycles. The summed E-state index contributed by atoms with van der Waals surface area (Å²) in [5, 5.41) is 10.6. The van der Waals surface area contributed by atoms with Crippen molar-refractivity contribution in [3.8, 4) is 0 Å². The fourth-order valence-corrected chi connectivity index (χ4v) is 5.28. The van der Waals surface area contributed by atoms with E-state index in [0.29, 0.717) is 12.2 Å². The van der Waals surface area contributed by atoms with E-state index >= 15 is 0 Å². The van der Waals surface area contributed by atoms with E-state index in [-0.39, 0.29) is 17.2 Å². The van der Waals surface area contributed by atoms with Crippen LogP contribution in [0.25, 0.3) is 10.8 Å². The van der Waals surface area contributed by atoms with Crippen LogP contribution in [0.3, 0.4) is 0 Å². The number of pyridine rings is 1. The highest BCUT2D eigenvalue weighted by atomic mass is 16.2. The number of benzene rings is 1. The molecule has 1 unspecified atom stereocenters. The van der Waals surface area contributed by atoms with Gasteiger partial charge in [0.2, 0.25) is 0 Å². The first-order valence-electron chi connectivity index (χ1n) is 10.2. The molecule has 3 aromatic rings. The molecule has 6 heteroatoms. The van der Waals surface area contributed by atoms with Crippen LogP contribution in [-0.4, -0.2) is 43.6 Å². The van der Waals surface area contributed by atoms with Crippen LogP contribution in [0.1, 0.15) is 54.8 Å². The van der Waals surface area contributed by atoms with Crippen LogP contribution in [0.4, 0.5) is 0 Å². The van der Waals surface area contributed by atoms with Crippen molar-refractivity contribution < 1.29 is 4.79 Å². The maximum atomic E-state index is 13.5. The van der Waals surface area contributed by atoms with Gasteiger partial charge in [-0.2, -0.15) is 0 Å². The molecular weight excluding hydrogens is 350 g/mol. The molecule has 1 amide bonds. The summed E-state index contributed by atoms with van der Waals surface area (Å²) in [4.78, 5) is 20.0. The molecule has 1 saturated carbocycles. The highest BCUT2D eigenvalue weighted by molar-refractivity contribution is 6.05. The summed E-state index contributed by atoms with van der Waals surface area (Å²) in [6, 6.07) is 9.94. The number of hydrogen-bond donors (Lipinski definition) is 0. The van der Waals surface area contributed by atoms with E-state index in [1.807, 2.05) is 41.6 Å². The van der Waals surface area contributed by atoms with Crippen LogP contribution in [0.2, 0.25) is 0 Å². The molecule has 0 bridgehead atoms. The Hall–Kier alpha value is -2.76. The van der Waals surface area contributed by atoms with E-state index < -0.39 is 0 Å². The van der Waals surface area contributed by atoms with E-state index in [2.05, 4.69) is 26.7 Å². The summed E-state index contributed by atoms with van der Waals surface area (Å²) >= 11 is 0. The SMILES string of the molecule is CCn1cnnc1C1CN(C(=O)c2nccc3ccccc23)CC12CCCC2. The molecular formula is C22H25N5O. The minimum Gasteiger partial charge on any atom is -0.336 e. The van der Waals surface area contributed by atoms with Gasteiger partial charge in [-0.25, -0.2) is 0 Å². The molecule has 28 heavy (non-hydrogen) atoms. The lowest BCUT2D eigenvalue weighted by Crippen LogP contribution is -2.32. The smallest absolute Gasteiger partial charge is 0.273 e. The standard InChI is InChI=1S/C22H25N5O/c1-2-26-15-24-25-20(26)18-13-27(14-22(18)10-5-6-11-22)21(28)19-17-8-4-3-7-16(17)9-12-23-19/h3-4,7-9,12,15,18H,2,5-6,10-11,13-14H2,1H3. The number of rotatable bonds is 3. The second kappa shape index (κ2) is 6.69. The Kier molecular flexibility index (Phi) is 4.14. The third-order valence-electron chi connectivity index (χ3n) is 6.71. The molecule has 1 atom stereocenters. The van der Waals surface area contributed by atoms with Crippen molar-refractivity contribution in [2.75, 3.05) is 13.1 Å². The second-order valence-corrected chi connectivity index (χ2v) is 8.16. The molecule has 1 saturated heterocycles. The summed E-state index contributed by atoms with van der Waals surface area (Å²) in [5.41, 5.74) is 0.684.